The highest BCUT2D eigenvalue weighted by Crippen LogP contribution is 2.44. The van der Waals surface area contributed by atoms with Gasteiger partial charge in [-0.05, 0) is 6.92 Å². The molecule has 0 atom stereocenters. The monoisotopic (exact) mass is 315 g/mol. The van der Waals surface area contributed by atoms with Crippen molar-refractivity contribution in [2.24, 2.45) is 0 Å². The average Bonchev–Trinajstić information content (AvgIpc) is 2.67. The number of allylic oxidation sites excluding steroid dienone is 4. The van der Waals surface area contributed by atoms with E-state index in [4.69, 9.17) is 16.6 Å². The first-order valence-corrected chi connectivity index (χ1v) is 7.87. The molecule has 3 N–H and O–H groups in total. The van der Waals surface area contributed by atoms with E-state index in [-0.39, 0.29) is 11.5 Å². The number of nitrogens with one attached hydrogen (secondary N) is 1. The Morgan fingerprint density at radius 1 is 1.40 bits per heavy atom. The van der Waals surface area contributed by atoms with Crippen molar-refractivity contribution in [3.8, 4) is 11.5 Å². The van der Waals surface area contributed by atoms with E-state index in [1.54, 1.807) is 12.2 Å². The topological polar surface area (TPSA) is 99.8 Å². The summed E-state index contributed by atoms with van der Waals surface area (Å²) in [5.74, 6) is -1.85. The first-order valence-electron chi connectivity index (χ1n) is 5.81. The molecule has 1 aliphatic rings. The van der Waals surface area contributed by atoms with Crippen LogP contribution in [0, 0.1) is 0 Å². The highest BCUT2D eigenvalue weighted by molar-refractivity contribution is 7.92. The maximum Gasteiger partial charge on any atom is 0.253 e. The van der Waals surface area contributed by atoms with E-state index in [1.165, 1.54) is 6.92 Å². The van der Waals surface area contributed by atoms with Crippen LogP contribution in [-0.2, 0) is 10.0 Å². The number of aromatic hydroxyl groups is 2. The zero-order valence-corrected chi connectivity index (χ0v) is 12.2. The highest BCUT2D eigenvalue weighted by Gasteiger charge is 2.26. The highest BCUT2D eigenvalue weighted by atomic mass is 32.2. The minimum Gasteiger partial charge on any atom is -0.502 e. The van der Waals surface area contributed by atoms with E-state index in [2.05, 4.69) is 4.72 Å². The Bertz CT molecular complexity index is 712. The van der Waals surface area contributed by atoms with Crippen LogP contribution in [0.2, 0.25) is 0 Å². The van der Waals surface area contributed by atoms with Gasteiger partial charge in [-0.1, -0.05) is 30.4 Å². The summed E-state index contributed by atoms with van der Waals surface area (Å²) in [6.07, 6.45) is 5.71. The molecular formula is C12H13NO5S2. The number of thiocarbonyl (C=S) groups is 1. The molecule has 0 spiro atoms. The molecule has 0 radical (unpaired) electrons. The second-order valence-electron chi connectivity index (χ2n) is 4.10. The summed E-state index contributed by atoms with van der Waals surface area (Å²) in [5.41, 5.74) is 0.442. The van der Waals surface area contributed by atoms with E-state index in [0.29, 0.717) is 16.9 Å². The number of hydrogen-bond acceptors (Lipinski definition) is 6. The van der Waals surface area contributed by atoms with Crippen LogP contribution in [0.15, 0.2) is 22.6 Å². The zero-order valence-electron chi connectivity index (χ0n) is 10.6. The number of hydrogen-bond donors (Lipinski definition) is 3. The van der Waals surface area contributed by atoms with Gasteiger partial charge in [0.1, 0.15) is 0 Å². The maximum atomic E-state index is 11.5. The third-order valence-corrected chi connectivity index (χ3v) is 4.38. The van der Waals surface area contributed by atoms with Crippen molar-refractivity contribution in [2.75, 3.05) is 10.5 Å². The van der Waals surface area contributed by atoms with E-state index >= 15 is 0 Å². The number of rotatable bonds is 4. The SMILES string of the molecule is CCS(=O)(=O)Nc1oc(C2=CC=CCC2=S)c(O)c1O. The molecule has 0 saturated carbocycles. The molecule has 2 rings (SSSR count). The molecule has 1 aliphatic carbocycles. The minimum atomic E-state index is -3.62. The van der Waals surface area contributed by atoms with Gasteiger partial charge in [-0.15, -0.1) is 0 Å². The standard InChI is InChI=1S/C12H13NO5S2/c1-2-20(16,17)13-12-10(15)9(14)11(18-12)7-5-3-4-6-8(7)19/h3-5,13-15H,2,6H2,1H3. The fraction of sp³-hybridized carbons (Fsp3) is 0.250. The van der Waals surface area contributed by atoms with Crippen molar-refractivity contribution in [1.29, 1.82) is 0 Å². The fourth-order valence-electron chi connectivity index (χ4n) is 1.62. The third-order valence-electron chi connectivity index (χ3n) is 2.73. The molecule has 0 aromatic carbocycles. The molecule has 1 aromatic heterocycles. The largest absolute Gasteiger partial charge is 0.502 e. The number of anilines is 1. The Morgan fingerprint density at radius 3 is 2.70 bits per heavy atom. The van der Waals surface area contributed by atoms with E-state index in [1.807, 2.05) is 6.08 Å². The number of sulfonamides is 1. The van der Waals surface area contributed by atoms with Crippen LogP contribution in [0.4, 0.5) is 5.88 Å². The van der Waals surface area contributed by atoms with Gasteiger partial charge in [0.2, 0.25) is 21.5 Å². The Hall–Kier alpha value is -1.80. The van der Waals surface area contributed by atoms with Crippen LogP contribution < -0.4 is 4.72 Å². The lowest BCUT2D eigenvalue weighted by atomic mass is 10.0. The van der Waals surface area contributed by atoms with Crippen molar-refractivity contribution >= 4 is 38.6 Å². The van der Waals surface area contributed by atoms with E-state index < -0.39 is 27.4 Å². The average molecular weight is 315 g/mol. The van der Waals surface area contributed by atoms with Crippen LogP contribution in [0.3, 0.4) is 0 Å². The van der Waals surface area contributed by atoms with Gasteiger partial charge in [0.25, 0.3) is 5.88 Å². The van der Waals surface area contributed by atoms with Crippen LogP contribution in [-0.4, -0.2) is 29.2 Å². The summed E-state index contributed by atoms with van der Waals surface area (Å²) in [7, 11) is -3.62. The van der Waals surface area contributed by atoms with Crippen molar-refractivity contribution in [1.82, 2.24) is 0 Å². The van der Waals surface area contributed by atoms with Gasteiger partial charge >= 0.3 is 0 Å². The van der Waals surface area contributed by atoms with Gasteiger partial charge in [-0.3, -0.25) is 0 Å². The maximum absolute atomic E-state index is 11.5. The summed E-state index contributed by atoms with van der Waals surface area (Å²) >= 11 is 5.14. The van der Waals surface area contributed by atoms with Crippen molar-refractivity contribution < 1.29 is 23.0 Å². The van der Waals surface area contributed by atoms with Gasteiger partial charge in [-0.2, -0.15) is 0 Å². The van der Waals surface area contributed by atoms with E-state index in [9.17, 15) is 18.6 Å². The summed E-state index contributed by atoms with van der Waals surface area (Å²) < 4.78 is 30.2. The van der Waals surface area contributed by atoms with Crippen LogP contribution in [0.25, 0.3) is 5.57 Å². The lowest BCUT2D eigenvalue weighted by molar-refractivity contribution is 0.408. The van der Waals surface area contributed by atoms with Gasteiger partial charge in [0, 0.05) is 16.9 Å². The van der Waals surface area contributed by atoms with Gasteiger partial charge in [0.15, 0.2) is 5.76 Å². The predicted octanol–water partition coefficient (Wildman–Crippen LogP) is 2.17. The molecule has 0 unspecified atom stereocenters. The normalized spacial score (nSPS) is 15.2. The van der Waals surface area contributed by atoms with Crippen LogP contribution in [0.5, 0.6) is 11.5 Å². The Balaban J connectivity index is 2.45. The molecule has 0 saturated heterocycles. The molecule has 0 fully saturated rings. The van der Waals surface area contributed by atoms with Crippen molar-refractivity contribution in [3.05, 3.63) is 24.0 Å². The van der Waals surface area contributed by atoms with Crippen LogP contribution in [0.1, 0.15) is 19.1 Å². The quantitative estimate of drug-likeness (QED) is 0.736. The van der Waals surface area contributed by atoms with Crippen LogP contribution >= 0.6 is 12.2 Å². The lowest BCUT2D eigenvalue weighted by Crippen LogP contribution is -2.14. The summed E-state index contributed by atoms with van der Waals surface area (Å²) in [6.45, 7) is 1.44. The fourth-order valence-corrected chi connectivity index (χ4v) is 2.45. The predicted molar refractivity (Wildman–Crippen MR) is 79.5 cm³/mol. The van der Waals surface area contributed by atoms with Crippen molar-refractivity contribution in [3.63, 3.8) is 0 Å². The Kier molecular flexibility index (Phi) is 3.87. The Morgan fingerprint density at radius 2 is 2.10 bits per heavy atom. The first-order chi connectivity index (χ1) is 9.35. The smallest absolute Gasteiger partial charge is 0.253 e. The summed E-state index contributed by atoms with van der Waals surface area (Å²) in [5, 5.41) is 19.6. The Labute approximate surface area is 121 Å². The molecule has 0 aliphatic heterocycles. The molecule has 20 heavy (non-hydrogen) atoms. The molecule has 0 bridgehead atoms. The molecule has 1 heterocycles. The minimum absolute atomic E-state index is 0.0503. The van der Waals surface area contributed by atoms with E-state index in [0.717, 1.165) is 0 Å². The van der Waals surface area contributed by atoms with Crippen molar-refractivity contribution in [2.45, 2.75) is 13.3 Å². The molecular weight excluding hydrogens is 302 g/mol. The first kappa shape index (κ1) is 14.6. The molecule has 108 valence electrons. The second kappa shape index (κ2) is 5.29. The van der Waals surface area contributed by atoms with Gasteiger partial charge in [-0.25, -0.2) is 13.1 Å². The second-order valence-corrected chi connectivity index (χ2v) is 6.60. The van der Waals surface area contributed by atoms with Gasteiger partial charge < -0.3 is 14.6 Å². The number of furan rings is 1. The lowest BCUT2D eigenvalue weighted by Gasteiger charge is -2.07. The zero-order chi connectivity index (χ0) is 14.9. The molecule has 8 heteroatoms. The molecule has 1 aromatic rings. The molecule has 0 amide bonds. The van der Waals surface area contributed by atoms with Gasteiger partial charge in [0.05, 0.1) is 5.75 Å². The third kappa shape index (κ3) is 2.70. The summed E-state index contributed by atoms with van der Waals surface area (Å²) in [4.78, 5) is 0.529. The molecule has 6 nitrogen and oxygen atoms in total. The summed E-state index contributed by atoms with van der Waals surface area (Å²) in [6, 6.07) is 0.